The van der Waals surface area contributed by atoms with Crippen LogP contribution in [0.5, 0.6) is 0 Å². The van der Waals surface area contributed by atoms with Gasteiger partial charge in [0.2, 0.25) is 5.91 Å². The van der Waals surface area contributed by atoms with Crippen molar-refractivity contribution < 1.29 is 4.79 Å². The van der Waals surface area contributed by atoms with Crippen LogP contribution in [0.3, 0.4) is 0 Å². The van der Waals surface area contributed by atoms with E-state index in [0.717, 1.165) is 5.56 Å². The Bertz CT molecular complexity index is 1350. The van der Waals surface area contributed by atoms with Crippen molar-refractivity contribution >= 4 is 68.2 Å². The summed E-state index contributed by atoms with van der Waals surface area (Å²) in [4.78, 5) is 34.3. The number of thioether (sulfide) groups is 1. The van der Waals surface area contributed by atoms with E-state index in [2.05, 4.69) is 15.3 Å². The molecular weight excluding hydrogens is 475 g/mol. The third kappa shape index (κ3) is 4.62. The molecule has 1 N–H and O–H groups in total. The molecule has 2 aromatic heterocycles. The Morgan fingerprint density at radius 3 is 2.71 bits per heavy atom. The van der Waals surface area contributed by atoms with Gasteiger partial charge in [0.05, 0.1) is 31.9 Å². The molecule has 1 atom stereocenters. The first kappa shape index (κ1) is 21.8. The predicted molar refractivity (Wildman–Crippen MR) is 129 cm³/mol. The Morgan fingerprint density at radius 1 is 1.16 bits per heavy atom. The van der Waals surface area contributed by atoms with Crippen LogP contribution in [0.2, 0.25) is 10.0 Å². The molecule has 1 unspecified atom stereocenters. The van der Waals surface area contributed by atoms with E-state index >= 15 is 0 Å². The molecule has 4 rings (SSSR count). The van der Waals surface area contributed by atoms with Gasteiger partial charge in [-0.05, 0) is 31.2 Å². The zero-order valence-corrected chi connectivity index (χ0v) is 19.6. The van der Waals surface area contributed by atoms with Crippen LogP contribution in [0.15, 0.2) is 57.8 Å². The number of hydrogen-bond acceptors (Lipinski definition) is 6. The number of fused-ring (bicyclic) bond motifs is 1. The Morgan fingerprint density at radius 2 is 1.94 bits per heavy atom. The molecule has 0 saturated carbocycles. The lowest BCUT2D eigenvalue weighted by molar-refractivity contribution is -0.115. The van der Waals surface area contributed by atoms with Gasteiger partial charge in [-0.15, -0.1) is 11.3 Å². The maximum atomic E-state index is 12.7. The summed E-state index contributed by atoms with van der Waals surface area (Å²) in [5.74, 6) is -0.234. The van der Waals surface area contributed by atoms with Crippen molar-refractivity contribution in [3.8, 4) is 11.3 Å². The van der Waals surface area contributed by atoms with Crippen LogP contribution in [0.1, 0.15) is 6.92 Å². The summed E-state index contributed by atoms with van der Waals surface area (Å²) in [5, 5.41) is 6.57. The van der Waals surface area contributed by atoms with Gasteiger partial charge < -0.3 is 5.32 Å². The van der Waals surface area contributed by atoms with Gasteiger partial charge in [-0.1, -0.05) is 53.2 Å². The molecule has 31 heavy (non-hydrogen) atoms. The standard InChI is InChI=1S/C21H16Cl2N4O2S2/c1-11(31-21-25-16-6-4-3-5-13(16)19(29)27(21)2)18(28)26-20-24-17(10-30-20)12-7-8-14(22)15(23)9-12/h3-11H,1-2H3,(H,24,26,28). The van der Waals surface area contributed by atoms with E-state index in [9.17, 15) is 9.59 Å². The number of para-hydroxylation sites is 1. The number of carbonyl (C=O) groups excluding carboxylic acids is 1. The summed E-state index contributed by atoms with van der Waals surface area (Å²) in [6, 6.07) is 12.4. The van der Waals surface area contributed by atoms with Crippen molar-refractivity contribution in [2.24, 2.45) is 7.05 Å². The first-order chi connectivity index (χ1) is 14.8. The molecule has 1 amide bonds. The Balaban J connectivity index is 1.49. The largest absolute Gasteiger partial charge is 0.301 e. The number of nitrogens with one attached hydrogen (secondary N) is 1. The molecule has 4 aromatic rings. The molecular formula is C21H16Cl2N4O2S2. The van der Waals surface area contributed by atoms with Gasteiger partial charge in [0.25, 0.3) is 5.56 Å². The third-order valence-corrected chi connectivity index (χ3v) is 7.18. The first-order valence-electron chi connectivity index (χ1n) is 9.17. The highest BCUT2D eigenvalue weighted by atomic mass is 35.5. The van der Waals surface area contributed by atoms with E-state index in [1.54, 1.807) is 44.3 Å². The lowest BCUT2D eigenvalue weighted by atomic mass is 10.2. The monoisotopic (exact) mass is 490 g/mol. The van der Waals surface area contributed by atoms with Crippen molar-refractivity contribution in [2.75, 3.05) is 5.32 Å². The van der Waals surface area contributed by atoms with Gasteiger partial charge in [0.1, 0.15) is 0 Å². The fourth-order valence-electron chi connectivity index (χ4n) is 2.84. The van der Waals surface area contributed by atoms with Gasteiger partial charge in [0, 0.05) is 18.0 Å². The lowest BCUT2D eigenvalue weighted by Crippen LogP contribution is -2.25. The normalized spacial score (nSPS) is 12.1. The number of carbonyl (C=O) groups is 1. The topological polar surface area (TPSA) is 76.9 Å². The van der Waals surface area contributed by atoms with Crippen LogP contribution in [0.25, 0.3) is 22.2 Å². The average molecular weight is 491 g/mol. The number of benzene rings is 2. The highest BCUT2D eigenvalue weighted by Gasteiger charge is 2.19. The van der Waals surface area contributed by atoms with E-state index in [0.29, 0.717) is 36.9 Å². The molecule has 10 heteroatoms. The summed E-state index contributed by atoms with van der Waals surface area (Å²) < 4.78 is 1.46. The van der Waals surface area contributed by atoms with Crippen LogP contribution in [-0.4, -0.2) is 25.7 Å². The van der Waals surface area contributed by atoms with E-state index in [1.807, 2.05) is 17.5 Å². The summed E-state index contributed by atoms with van der Waals surface area (Å²) in [6.45, 7) is 1.76. The minimum absolute atomic E-state index is 0.146. The quantitative estimate of drug-likeness (QED) is 0.295. The molecule has 0 fully saturated rings. The van der Waals surface area contributed by atoms with E-state index in [1.165, 1.54) is 27.7 Å². The number of amides is 1. The minimum atomic E-state index is -0.489. The van der Waals surface area contributed by atoms with Crippen molar-refractivity contribution in [3.63, 3.8) is 0 Å². The molecule has 0 aliphatic carbocycles. The third-order valence-electron chi connectivity index (χ3n) is 4.54. The summed E-state index contributed by atoms with van der Waals surface area (Å²) in [6.07, 6.45) is 0. The van der Waals surface area contributed by atoms with Gasteiger partial charge in [-0.3, -0.25) is 14.2 Å². The van der Waals surface area contributed by atoms with Gasteiger partial charge >= 0.3 is 0 Å². The second-order valence-electron chi connectivity index (χ2n) is 6.69. The van der Waals surface area contributed by atoms with Gasteiger partial charge in [-0.25, -0.2) is 9.97 Å². The number of aromatic nitrogens is 3. The molecule has 2 aromatic carbocycles. The highest BCUT2D eigenvalue weighted by Crippen LogP contribution is 2.31. The minimum Gasteiger partial charge on any atom is -0.301 e. The van der Waals surface area contributed by atoms with E-state index in [-0.39, 0.29) is 11.5 Å². The SMILES string of the molecule is CC(Sc1nc2ccccc2c(=O)n1C)C(=O)Nc1nc(-c2ccc(Cl)c(Cl)c2)cs1. The zero-order chi connectivity index (χ0) is 22.1. The van der Waals surface area contributed by atoms with Gasteiger partial charge in [0.15, 0.2) is 10.3 Å². The van der Waals surface area contributed by atoms with Crippen LogP contribution in [0.4, 0.5) is 5.13 Å². The maximum Gasteiger partial charge on any atom is 0.261 e. The molecule has 0 saturated heterocycles. The Kier molecular flexibility index (Phi) is 6.34. The van der Waals surface area contributed by atoms with E-state index in [4.69, 9.17) is 23.2 Å². The predicted octanol–water partition coefficient (Wildman–Crippen LogP) is 5.48. The van der Waals surface area contributed by atoms with E-state index < -0.39 is 5.25 Å². The van der Waals surface area contributed by atoms with Crippen LogP contribution in [-0.2, 0) is 11.8 Å². The lowest BCUT2D eigenvalue weighted by Gasteiger charge is -2.13. The molecule has 0 bridgehead atoms. The number of rotatable bonds is 5. The molecule has 0 aliphatic rings. The second kappa shape index (κ2) is 9.00. The number of nitrogens with zero attached hydrogens (tertiary/aromatic N) is 3. The number of anilines is 1. The smallest absolute Gasteiger partial charge is 0.261 e. The van der Waals surface area contributed by atoms with Crippen molar-refractivity contribution in [1.82, 2.24) is 14.5 Å². The molecule has 0 aliphatic heterocycles. The van der Waals surface area contributed by atoms with Gasteiger partial charge in [-0.2, -0.15) is 0 Å². The Hall–Kier alpha value is -2.39. The maximum absolute atomic E-state index is 12.7. The first-order valence-corrected chi connectivity index (χ1v) is 11.7. The van der Waals surface area contributed by atoms with Crippen molar-refractivity contribution in [2.45, 2.75) is 17.3 Å². The highest BCUT2D eigenvalue weighted by molar-refractivity contribution is 8.00. The molecule has 0 radical (unpaired) electrons. The van der Waals surface area contributed by atoms with Crippen LogP contribution < -0.4 is 10.9 Å². The molecule has 0 spiro atoms. The summed E-state index contributed by atoms with van der Waals surface area (Å²) in [7, 11) is 1.65. The summed E-state index contributed by atoms with van der Waals surface area (Å²) >= 11 is 14.6. The van der Waals surface area contributed by atoms with Crippen molar-refractivity contribution in [1.29, 1.82) is 0 Å². The molecule has 158 valence electrons. The second-order valence-corrected chi connectivity index (χ2v) is 9.67. The fraction of sp³-hybridized carbons (Fsp3) is 0.143. The fourth-order valence-corrected chi connectivity index (χ4v) is 4.74. The average Bonchev–Trinajstić information content (AvgIpc) is 3.22. The zero-order valence-electron chi connectivity index (χ0n) is 16.4. The van der Waals surface area contributed by atoms with Crippen LogP contribution in [0, 0.1) is 0 Å². The van der Waals surface area contributed by atoms with Crippen LogP contribution >= 0.6 is 46.3 Å². The number of hydrogen-bond donors (Lipinski definition) is 1. The molecule has 2 heterocycles. The number of thiazole rings is 1. The van der Waals surface area contributed by atoms with Crippen molar-refractivity contribution in [3.05, 3.63) is 68.2 Å². The summed E-state index contributed by atoms with van der Waals surface area (Å²) in [5.41, 5.74) is 1.96. The Labute approximate surface area is 196 Å². The molecule has 6 nitrogen and oxygen atoms in total. The number of halogens is 2.